The summed E-state index contributed by atoms with van der Waals surface area (Å²) in [5.41, 5.74) is 6.77. The lowest BCUT2D eigenvalue weighted by molar-refractivity contribution is -0.137. The average molecular weight is 346 g/mol. The summed E-state index contributed by atoms with van der Waals surface area (Å²) in [6.45, 7) is 3.17. The van der Waals surface area contributed by atoms with Crippen molar-refractivity contribution < 1.29 is 9.59 Å². The van der Waals surface area contributed by atoms with Crippen LogP contribution in [0.25, 0.3) is 0 Å². The number of nitrogens with zero attached hydrogens (tertiary/aromatic N) is 3. The number of urea groups is 1. The van der Waals surface area contributed by atoms with Crippen LogP contribution in [0.5, 0.6) is 0 Å². The van der Waals surface area contributed by atoms with Crippen molar-refractivity contribution in [2.75, 3.05) is 40.3 Å². The van der Waals surface area contributed by atoms with E-state index in [1.54, 1.807) is 19.0 Å². The molecule has 0 aliphatic carbocycles. The molecule has 6 heteroatoms. The van der Waals surface area contributed by atoms with Gasteiger partial charge in [0.05, 0.1) is 0 Å². The Balaban J connectivity index is 1.96. The molecule has 1 aromatic carbocycles. The zero-order valence-electron chi connectivity index (χ0n) is 15.4. The Hall–Kier alpha value is -2.08. The SMILES string of the molecule is CN(C)C(=O)N1CCC(C(=O)N(CCCN)Cc2ccccc2)CC1. The minimum Gasteiger partial charge on any atom is -0.338 e. The van der Waals surface area contributed by atoms with Gasteiger partial charge >= 0.3 is 6.03 Å². The van der Waals surface area contributed by atoms with Crippen LogP contribution in [-0.4, -0.2) is 66.9 Å². The quantitative estimate of drug-likeness (QED) is 0.853. The summed E-state index contributed by atoms with van der Waals surface area (Å²) in [7, 11) is 3.52. The second-order valence-electron chi connectivity index (χ2n) is 6.83. The second kappa shape index (κ2) is 9.42. The number of piperidine rings is 1. The lowest BCUT2D eigenvalue weighted by Gasteiger charge is -2.35. The molecule has 1 heterocycles. The molecular formula is C19H30N4O2. The molecule has 6 nitrogen and oxygen atoms in total. The van der Waals surface area contributed by atoms with Gasteiger partial charge in [0.2, 0.25) is 5.91 Å². The van der Waals surface area contributed by atoms with E-state index in [1.165, 1.54) is 0 Å². The standard InChI is InChI=1S/C19H30N4O2/c1-21(2)19(25)22-13-9-17(10-14-22)18(24)23(12-6-11-20)15-16-7-4-3-5-8-16/h3-5,7-8,17H,6,9-15,20H2,1-2H3. The van der Waals surface area contributed by atoms with Crippen molar-refractivity contribution in [1.82, 2.24) is 14.7 Å². The van der Waals surface area contributed by atoms with Gasteiger partial charge in [-0.25, -0.2) is 4.79 Å². The summed E-state index contributed by atoms with van der Waals surface area (Å²) in [6, 6.07) is 10.1. The van der Waals surface area contributed by atoms with E-state index in [-0.39, 0.29) is 17.9 Å². The predicted molar refractivity (Wildman–Crippen MR) is 98.9 cm³/mol. The molecule has 2 rings (SSSR count). The second-order valence-corrected chi connectivity index (χ2v) is 6.83. The Morgan fingerprint density at radius 2 is 1.80 bits per heavy atom. The van der Waals surface area contributed by atoms with E-state index >= 15 is 0 Å². The van der Waals surface area contributed by atoms with E-state index in [0.717, 1.165) is 24.8 Å². The van der Waals surface area contributed by atoms with Crippen LogP contribution < -0.4 is 5.73 Å². The van der Waals surface area contributed by atoms with Gasteiger partial charge in [-0.15, -0.1) is 0 Å². The fourth-order valence-electron chi connectivity index (χ4n) is 3.21. The highest BCUT2D eigenvalue weighted by Crippen LogP contribution is 2.21. The number of likely N-dealkylation sites (tertiary alicyclic amines) is 1. The van der Waals surface area contributed by atoms with Crippen molar-refractivity contribution in [2.24, 2.45) is 11.7 Å². The third kappa shape index (κ3) is 5.46. The van der Waals surface area contributed by atoms with Crippen molar-refractivity contribution in [3.05, 3.63) is 35.9 Å². The van der Waals surface area contributed by atoms with Crippen molar-refractivity contribution in [2.45, 2.75) is 25.8 Å². The Bertz CT molecular complexity index is 554. The first-order valence-corrected chi connectivity index (χ1v) is 9.02. The number of nitrogens with two attached hydrogens (primary N) is 1. The first-order valence-electron chi connectivity index (χ1n) is 9.02. The predicted octanol–water partition coefficient (Wildman–Crippen LogP) is 1.76. The smallest absolute Gasteiger partial charge is 0.319 e. The van der Waals surface area contributed by atoms with Gasteiger partial charge in [-0.2, -0.15) is 0 Å². The summed E-state index contributed by atoms with van der Waals surface area (Å²) in [5, 5.41) is 0. The van der Waals surface area contributed by atoms with Crippen molar-refractivity contribution >= 4 is 11.9 Å². The Morgan fingerprint density at radius 3 is 2.36 bits per heavy atom. The van der Waals surface area contributed by atoms with Gasteiger partial charge in [0.1, 0.15) is 0 Å². The topological polar surface area (TPSA) is 69.9 Å². The highest BCUT2D eigenvalue weighted by molar-refractivity contribution is 5.80. The maximum absolute atomic E-state index is 13.0. The number of rotatable bonds is 6. The number of hydrogen-bond donors (Lipinski definition) is 1. The molecule has 1 fully saturated rings. The van der Waals surface area contributed by atoms with E-state index < -0.39 is 0 Å². The lowest BCUT2D eigenvalue weighted by Crippen LogP contribution is -2.47. The van der Waals surface area contributed by atoms with Gasteiger partial charge in [0, 0.05) is 46.2 Å². The highest BCUT2D eigenvalue weighted by atomic mass is 16.2. The largest absolute Gasteiger partial charge is 0.338 e. The molecular weight excluding hydrogens is 316 g/mol. The van der Waals surface area contributed by atoms with E-state index in [1.807, 2.05) is 40.1 Å². The van der Waals surface area contributed by atoms with Crippen molar-refractivity contribution in [3.63, 3.8) is 0 Å². The molecule has 0 saturated carbocycles. The maximum Gasteiger partial charge on any atom is 0.319 e. The van der Waals surface area contributed by atoms with Crippen molar-refractivity contribution in [1.29, 1.82) is 0 Å². The normalized spacial score (nSPS) is 15.1. The average Bonchev–Trinajstić information content (AvgIpc) is 2.64. The molecule has 0 aromatic heterocycles. The fraction of sp³-hybridized carbons (Fsp3) is 0.579. The Kier molecular flexibility index (Phi) is 7.25. The zero-order valence-corrected chi connectivity index (χ0v) is 15.4. The maximum atomic E-state index is 13.0. The number of hydrogen-bond acceptors (Lipinski definition) is 3. The monoisotopic (exact) mass is 346 g/mol. The van der Waals surface area contributed by atoms with E-state index in [2.05, 4.69) is 0 Å². The summed E-state index contributed by atoms with van der Waals surface area (Å²) < 4.78 is 0. The van der Waals surface area contributed by atoms with Crippen LogP contribution in [0.3, 0.4) is 0 Å². The molecule has 1 aromatic rings. The number of carbonyl (C=O) groups is 2. The molecule has 0 unspecified atom stereocenters. The molecule has 2 N–H and O–H groups in total. The van der Waals surface area contributed by atoms with Gasteiger partial charge in [-0.3, -0.25) is 4.79 Å². The number of benzene rings is 1. The van der Waals surface area contributed by atoms with Gasteiger partial charge in [-0.05, 0) is 31.4 Å². The molecule has 1 aliphatic heterocycles. The van der Waals surface area contributed by atoms with Crippen LogP contribution >= 0.6 is 0 Å². The van der Waals surface area contributed by atoms with E-state index in [4.69, 9.17) is 5.73 Å². The van der Waals surface area contributed by atoms with Crippen LogP contribution in [0.1, 0.15) is 24.8 Å². The highest BCUT2D eigenvalue weighted by Gasteiger charge is 2.30. The number of carbonyl (C=O) groups excluding carboxylic acids is 2. The molecule has 0 radical (unpaired) electrons. The minimum atomic E-state index is -0.00676. The zero-order chi connectivity index (χ0) is 18.2. The van der Waals surface area contributed by atoms with Crippen LogP contribution in [0.15, 0.2) is 30.3 Å². The lowest BCUT2D eigenvalue weighted by atomic mass is 9.95. The Morgan fingerprint density at radius 1 is 1.16 bits per heavy atom. The van der Waals surface area contributed by atoms with E-state index in [0.29, 0.717) is 32.7 Å². The first-order chi connectivity index (χ1) is 12.0. The summed E-state index contributed by atoms with van der Waals surface area (Å²) in [6.07, 6.45) is 2.26. The van der Waals surface area contributed by atoms with Gasteiger partial charge in [0.15, 0.2) is 0 Å². The molecule has 0 spiro atoms. The minimum absolute atomic E-state index is 0.00676. The molecule has 25 heavy (non-hydrogen) atoms. The summed E-state index contributed by atoms with van der Waals surface area (Å²) in [4.78, 5) is 30.4. The molecule has 0 bridgehead atoms. The third-order valence-electron chi connectivity index (χ3n) is 4.66. The van der Waals surface area contributed by atoms with Crippen LogP contribution in [0.2, 0.25) is 0 Å². The van der Waals surface area contributed by atoms with E-state index in [9.17, 15) is 9.59 Å². The fourth-order valence-corrected chi connectivity index (χ4v) is 3.21. The van der Waals surface area contributed by atoms with Gasteiger partial charge < -0.3 is 20.4 Å². The van der Waals surface area contributed by atoms with Crippen LogP contribution in [0.4, 0.5) is 4.79 Å². The third-order valence-corrected chi connectivity index (χ3v) is 4.66. The summed E-state index contributed by atoms with van der Waals surface area (Å²) >= 11 is 0. The van der Waals surface area contributed by atoms with Gasteiger partial charge in [-0.1, -0.05) is 30.3 Å². The van der Waals surface area contributed by atoms with Gasteiger partial charge in [0.25, 0.3) is 0 Å². The summed E-state index contributed by atoms with van der Waals surface area (Å²) in [5.74, 6) is 0.182. The van der Waals surface area contributed by atoms with Crippen molar-refractivity contribution in [3.8, 4) is 0 Å². The molecule has 1 aliphatic rings. The molecule has 3 amide bonds. The molecule has 0 atom stereocenters. The Labute approximate surface area is 150 Å². The number of amides is 3. The molecule has 138 valence electrons. The first kappa shape index (κ1) is 19.2. The van der Waals surface area contributed by atoms with Crippen LogP contribution in [0, 0.1) is 5.92 Å². The molecule has 1 saturated heterocycles. The van der Waals surface area contributed by atoms with Crippen LogP contribution in [-0.2, 0) is 11.3 Å².